The van der Waals surface area contributed by atoms with Crippen molar-refractivity contribution in [3.05, 3.63) is 47.5 Å². The van der Waals surface area contributed by atoms with Crippen LogP contribution in [-0.4, -0.2) is 31.4 Å². The van der Waals surface area contributed by atoms with Crippen LogP contribution in [0.25, 0.3) is 0 Å². The van der Waals surface area contributed by atoms with Crippen LogP contribution >= 0.6 is 0 Å². The molecule has 0 radical (unpaired) electrons. The number of ether oxygens (including phenoxy) is 2. The predicted molar refractivity (Wildman–Crippen MR) is 107 cm³/mol. The number of amides is 1. The van der Waals surface area contributed by atoms with Gasteiger partial charge in [-0.3, -0.25) is 4.79 Å². The van der Waals surface area contributed by atoms with Crippen molar-refractivity contribution in [2.24, 2.45) is 4.99 Å². The van der Waals surface area contributed by atoms with E-state index in [9.17, 15) is 4.79 Å². The zero-order valence-electron chi connectivity index (χ0n) is 16.4. The van der Waals surface area contributed by atoms with E-state index in [-0.39, 0.29) is 11.4 Å². The molecule has 2 aliphatic heterocycles. The van der Waals surface area contributed by atoms with Crippen LogP contribution in [0.4, 0.5) is 11.4 Å². The van der Waals surface area contributed by atoms with E-state index in [1.54, 1.807) is 14.2 Å². The zero-order chi connectivity index (χ0) is 19.3. The van der Waals surface area contributed by atoms with Crippen LogP contribution in [0.2, 0.25) is 0 Å². The second-order valence-electron chi connectivity index (χ2n) is 7.83. The van der Waals surface area contributed by atoms with E-state index >= 15 is 0 Å². The molecule has 2 aromatic carbocycles. The molecule has 27 heavy (non-hydrogen) atoms. The summed E-state index contributed by atoms with van der Waals surface area (Å²) in [5.74, 6) is 1.81. The third-order valence-electron chi connectivity index (χ3n) is 5.49. The minimum atomic E-state index is -0.260. The van der Waals surface area contributed by atoms with Crippen LogP contribution in [0.15, 0.2) is 41.4 Å². The molecule has 5 nitrogen and oxygen atoms in total. The molecule has 5 heteroatoms. The minimum Gasteiger partial charge on any atom is -0.497 e. The zero-order valence-corrected chi connectivity index (χ0v) is 16.4. The molecule has 0 N–H and O–H groups in total. The van der Waals surface area contributed by atoms with Gasteiger partial charge in [-0.05, 0) is 68.1 Å². The quantitative estimate of drug-likeness (QED) is 0.808. The first-order valence-electron chi connectivity index (χ1n) is 9.15. The molecule has 0 bridgehead atoms. The van der Waals surface area contributed by atoms with E-state index in [0.717, 1.165) is 40.4 Å². The predicted octanol–water partition coefficient (Wildman–Crippen LogP) is 4.46. The van der Waals surface area contributed by atoms with Crippen molar-refractivity contribution >= 4 is 23.0 Å². The van der Waals surface area contributed by atoms with Crippen molar-refractivity contribution in [3.8, 4) is 11.5 Å². The summed E-state index contributed by atoms with van der Waals surface area (Å²) in [6.45, 7) is 6.45. The number of hydrogen-bond donors (Lipinski definition) is 0. The fourth-order valence-corrected chi connectivity index (χ4v) is 4.30. The Morgan fingerprint density at radius 2 is 1.74 bits per heavy atom. The topological polar surface area (TPSA) is 51.1 Å². The number of benzene rings is 2. The molecule has 1 amide bonds. The van der Waals surface area contributed by atoms with E-state index < -0.39 is 0 Å². The summed E-state index contributed by atoms with van der Waals surface area (Å²) in [4.78, 5) is 20.0. The van der Waals surface area contributed by atoms with E-state index in [2.05, 4.69) is 26.8 Å². The van der Waals surface area contributed by atoms with Crippen molar-refractivity contribution in [1.29, 1.82) is 0 Å². The highest BCUT2D eigenvalue weighted by molar-refractivity contribution is 6.55. The SMILES string of the molecule is COc1ccc(N=C2C(=O)N3c4c2cc(OC)cc4[C@@H](C)CC3(C)C)cc1. The smallest absolute Gasteiger partial charge is 0.278 e. The highest BCUT2D eigenvalue weighted by Crippen LogP contribution is 2.50. The van der Waals surface area contributed by atoms with Crippen LogP contribution in [-0.2, 0) is 4.79 Å². The van der Waals surface area contributed by atoms with Crippen molar-refractivity contribution in [2.45, 2.75) is 38.6 Å². The van der Waals surface area contributed by atoms with E-state index in [4.69, 9.17) is 14.5 Å². The largest absolute Gasteiger partial charge is 0.497 e. The summed E-state index contributed by atoms with van der Waals surface area (Å²) in [6.07, 6.45) is 0.897. The Morgan fingerprint density at radius 1 is 1.07 bits per heavy atom. The van der Waals surface area contributed by atoms with Crippen LogP contribution in [0.3, 0.4) is 0 Å². The average molecular weight is 364 g/mol. The lowest BCUT2D eigenvalue weighted by atomic mass is 9.80. The molecular formula is C22H24N2O3. The molecule has 4 rings (SSSR count). The van der Waals surface area contributed by atoms with Gasteiger partial charge in [-0.25, -0.2) is 4.99 Å². The highest BCUT2D eigenvalue weighted by atomic mass is 16.5. The molecule has 2 aliphatic rings. The van der Waals surface area contributed by atoms with Crippen molar-refractivity contribution in [1.82, 2.24) is 0 Å². The number of carbonyl (C=O) groups is 1. The van der Waals surface area contributed by atoms with Gasteiger partial charge in [0.15, 0.2) is 0 Å². The van der Waals surface area contributed by atoms with Gasteiger partial charge in [0, 0.05) is 11.1 Å². The highest BCUT2D eigenvalue weighted by Gasteiger charge is 2.48. The Balaban J connectivity index is 1.92. The molecule has 0 saturated heterocycles. The van der Waals surface area contributed by atoms with Gasteiger partial charge in [0.25, 0.3) is 5.91 Å². The second kappa shape index (κ2) is 6.12. The number of anilines is 1. The Hall–Kier alpha value is -2.82. The minimum absolute atomic E-state index is 0.0489. The lowest BCUT2D eigenvalue weighted by Gasteiger charge is -2.43. The first-order chi connectivity index (χ1) is 12.9. The average Bonchev–Trinajstić information content (AvgIpc) is 2.93. The number of carbonyl (C=O) groups excluding carboxylic acids is 1. The molecule has 0 aliphatic carbocycles. The molecular weight excluding hydrogens is 340 g/mol. The molecule has 0 unspecified atom stereocenters. The number of hydrogen-bond acceptors (Lipinski definition) is 4. The molecule has 0 fully saturated rings. The molecule has 140 valence electrons. The maximum Gasteiger partial charge on any atom is 0.278 e. The summed E-state index contributed by atoms with van der Waals surface area (Å²) >= 11 is 0. The van der Waals surface area contributed by atoms with Gasteiger partial charge in [-0.2, -0.15) is 0 Å². The summed E-state index contributed by atoms with van der Waals surface area (Å²) < 4.78 is 10.7. The van der Waals surface area contributed by atoms with Gasteiger partial charge in [0.2, 0.25) is 0 Å². The van der Waals surface area contributed by atoms with Gasteiger partial charge in [0.05, 0.1) is 25.6 Å². The summed E-state index contributed by atoms with van der Waals surface area (Å²) in [7, 11) is 3.28. The van der Waals surface area contributed by atoms with Crippen molar-refractivity contribution in [3.63, 3.8) is 0 Å². The lowest BCUT2D eigenvalue weighted by Crippen LogP contribution is -2.50. The molecule has 0 saturated carbocycles. The Kier molecular flexibility index (Phi) is 3.98. The maximum atomic E-state index is 13.4. The monoisotopic (exact) mass is 364 g/mol. The van der Waals surface area contributed by atoms with Crippen LogP contribution in [0.5, 0.6) is 11.5 Å². The molecule has 0 spiro atoms. The van der Waals surface area contributed by atoms with Crippen LogP contribution in [0, 0.1) is 0 Å². The van der Waals surface area contributed by atoms with Crippen LogP contribution in [0.1, 0.15) is 44.2 Å². The summed E-state index contributed by atoms with van der Waals surface area (Å²) in [5.41, 5.74) is 3.92. The van der Waals surface area contributed by atoms with Gasteiger partial charge >= 0.3 is 0 Å². The Bertz CT molecular complexity index is 945. The molecule has 0 aromatic heterocycles. The van der Waals surface area contributed by atoms with Crippen molar-refractivity contribution < 1.29 is 14.3 Å². The Labute approximate surface area is 159 Å². The summed E-state index contributed by atoms with van der Waals surface area (Å²) in [5, 5.41) is 0. The fraction of sp³-hybridized carbons (Fsp3) is 0.364. The molecule has 2 aromatic rings. The molecule has 2 heterocycles. The van der Waals surface area contributed by atoms with Gasteiger partial charge < -0.3 is 14.4 Å². The lowest BCUT2D eigenvalue weighted by molar-refractivity contribution is -0.113. The first-order valence-corrected chi connectivity index (χ1v) is 9.15. The number of rotatable bonds is 3. The van der Waals surface area contributed by atoms with E-state index in [1.165, 1.54) is 0 Å². The number of aliphatic imine (C=N–C) groups is 1. The van der Waals surface area contributed by atoms with E-state index in [0.29, 0.717) is 11.6 Å². The van der Waals surface area contributed by atoms with E-state index in [1.807, 2.05) is 35.2 Å². The standard InChI is InChI=1S/C22H24N2O3/c1-13-12-22(2,3)24-20-17(13)10-16(27-5)11-18(20)19(21(24)25)23-14-6-8-15(26-4)9-7-14/h6-11,13H,12H2,1-5H3/t13-/m0/s1. The van der Waals surface area contributed by atoms with Gasteiger partial charge in [0.1, 0.15) is 17.2 Å². The Morgan fingerprint density at radius 3 is 2.37 bits per heavy atom. The third kappa shape index (κ3) is 2.69. The normalized spacial score (nSPS) is 21.4. The summed E-state index contributed by atoms with van der Waals surface area (Å²) in [6, 6.07) is 11.4. The first kappa shape index (κ1) is 17.6. The molecule has 1 atom stereocenters. The number of methoxy groups -OCH3 is 2. The second-order valence-corrected chi connectivity index (χ2v) is 7.83. The van der Waals surface area contributed by atoms with Gasteiger partial charge in [-0.1, -0.05) is 6.92 Å². The fourth-order valence-electron chi connectivity index (χ4n) is 4.30. The van der Waals surface area contributed by atoms with Crippen molar-refractivity contribution in [2.75, 3.05) is 19.1 Å². The third-order valence-corrected chi connectivity index (χ3v) is 5.49. The maximum absolute atomic E-state index is 13.4. The van der Waals surface area contributed by atoms with Crippen LogP contribution < -0.4 is 14.4 Å². The van der Waals surface area contributed by atoms with Gasteiger partial charge in [-0.15, -0.1) is 0 Å². The number of nitrogens with zero attached hydrogens (tertiary/aromatic N) is 2.